The highest BCUT2D eigenvalue weighted by molar-refractivity contribution is 5.93. The Bertz CT molecular complexity index is 496. The van der Waals surface area contributed by atoms with Crippen LogP contribution in [0.2, 0.25) is 0 Å². The van der Waals surface area contributed by atoms with Crippen LogP contribution in [-0.4, -0.2) is 22.7 Å². The molecular weight excluding hydrogens is 222 g/mol. The Hall–Kier alpha value is -2.44. The third kappa shape index (κ3) is 3.00. The second-order valence-corrected chi connectivity index (χ2v) is 3.33. The first-order valence-corrected chi connectivity index (χ1v) is 5.02. The molecule has 0 atom stereocenters. The highest BCUT2D eigenvalue weighted by atomic mass is 16.5. The zero-order valence-electron chi connectivity index (χ0n) is 8.96. The third-order valence-corrected chi connectivity index (χ3v) is 2.06. The lowest BCUT2D eigenvalue weighted by Gasteiger charge is -2.00. The van der Waals surface area contributed by atoms with Gasteiger partial charge >= 0.3 is 0 Å². The van der Waals surface area contributed by atoms with Crippen LogP contribution in [0.1, 0.15) is 10.4 Å². The molecule has 2 rings (SSSR count). The Kier molecular flexibility index (Phi) is 3.29. The van der Waals surface area contributed by atoms with E-state index < -0.39 is 0 Å². The monoisotopic (exact) mass is 233 g/mol. The summed E-state index contributed by atoms with van der Waals surface area (Å²) in [5.41, 5.74) is 7.64. The van der Waals surface area contributed by atoms with Gasteiger partial charge in [0.15, 0.2) is 11.8 Å². The molecule has 0 aliphatic carbocycles. The van der Waals surface area contributed by atoms with E-state index in [0.29, 0.717) is 18.7 Å². The molecule has 0 aromatic carbocycles. The number of carbonyl (C=O) groups excluding carboxylic acids is 1. The predicted octanol–water partition coefficient (Wildman–Crippen LogP) is 0.471. The minimum Gasteiger partial charge on any atom is -0.660 e. The van der Waals surface area contributed by atoms with E-state index in [4.69, 9.17) is 5.73 Å². The van der Waals surface area contributed by atoms with Crippen LogP contribution in [0, 0.1) is 0 Å². The van der Waals surface area contributed by atoms with Gasteiger partial charge in [-0.15, -0.1) is 0 Å². The first-order valence-electron chi connectivity index (χ1n) is 5.02. The van der Waals surface area contributed by atoms with E-state index in [9.17, 15) is 4.79 Å². The molecule has 1 amide bonds. The molecule has 0 aliphatic heterocycles. The fraction of sp³-hybridized carbons (Fsp3) is 0.200. The lowest BCUT2D eigenvalue weighted by molar-refractivity contribution is -0.760. The maximum Gasteiger partial charge on any atom is 0.253 e. The topological polar surface area (TPSA) is 95.7 Å². The minimum atomic E-state index is -0.187. The van der Waals surface area contributed by atoms with Gasteiger partial charge in [-0.1, -0.05) is 4.68 Å². The Morgan fingerprint density at radius 3 is 3.12 bits per heavy atom. The SMILES string of the molecule is [NH-]c1c[n+](CCNC(=O)c2cccnc2)no1. The summed E-state index contributed by atoms with van der Waals surface area (Å²) in [6.07, 6.45) is 4.55. The van der Waals surface area contributed by atoms with Crippen molar-refractivity contribution in [3.05, 3.63) is 42.0 Å². The standard InChI is InChI=1S/C10H11N5O2/c11-9-7-15(14-17-9)5-4-13-10(16)8-2-1-3-12-6-8/h1-3,6-7H,4-5H2,(H2-,11,13,14,16). The van der Waals surface area contributed by atoms with E-state index in [-0.39, 0.29) is 11.8 Å². The van der Waals surface area contributed by atoms with Gasteiger partial charge in [0, 0.05) is 12.4 Å². The molecule has 0 unspecified atom stereocenters. The highest BCUT2D eigenvalue weighted by Crippen LogP contribution is 2.00. The van der Waals surface area contributed by atoms with Crippen molar-refractivity contribution in [2.24, 2.45) is 0 Å². The first kappa shape index (κ1) is 11.1. The van der Waals surface area contributed by atoms with Gasteiger partial charge in [-0.3, -0.25) is 9.78 Å². The Balaban J connectivity index is 1.81. The molecule has 0 bridgehead atoms. The van der Waals surface area contributed by atoms with E-state index in [1.165, 1.54) is 17.1 Å². The van der Waals surface area contributed by atoms with E-state index in [1.807, 2.05) is 0 Å². The normalized spacial score (nSPS) is 10.1. The molecule has 7 nitrogen and oxygen atoms in total. The number of amides is 1. The molecule has 7 heteroatoms. The van der Waals surface area contributed by atoms with E-state index >= 15 is 0 Å². The fourth-order valence-corrected chi connectivity index (χ4v) is 1.27. The maximum atomic E-state index is 11.6. The summed E-state index contributed by atoms with van der Waals surface area (Å²) in [7, 11) is 0. The Labute approximate surface area is 97.2 Å². The van der Waals surface area contributed by atoms with Crippen LogP contribution in [0.4, 0.5) is 5.88 Å². The first-order chi connectivity index (χ1) is 8.25. The van der Waals surface area contributed by atoms with Gasteiger partial charge in [0.05, 0.1) is 12.1 Å². The summed E-state index contributed by atoms with van der Waals surface area (Å²) in [6.45, 7) is 0.860. The summed E-state index contributed by atoms with van der Waals surface area (Å²) in [5.74, 6) is -0.197. The van der Waals surface area contributed by atoms with Crippen molar-refractivity contribution in [2.45, 2.75) is 6.54 Å². The van der Waals surface area contributed by atoms with Crippen molar-refractivity contribution < 1.29 is 14.0 Å². The lowest BCUT2D eigenvalue weighted by Crippen LogP contribution is -2.41. The van der Waals surface area contributed by atoms with Crippen molar-refractivity contribution in [1.29, 1.82) is 0 Å². The number of rotatable bonds is 4. The molecule has 2 N–H and O–H groups in total. The summed E-state index contributed by atoms with van der Waals surface area (Å²) in [4.78, 5) is 15.5. The number of nitrogens with zero attached hydrogens (tertiary/aromatic N) is 3. The number of nitrogens with one attached hydrogen (secondary N) is 2. The Morgan fingerprint density at radius 1 is 1.59 bits per heavy atom. The molecule has 0 aliphatic rings. The number of hydrogen-bond acceptors (Lipinski definition) is 4. The van der Waals surface area contributed by atoms with Crippen LogP contribution in [0.25, 0.3) is 5.73 Å². The maximum absolute atomic E-state index is 11.6. The molecule has 0 fully saturated rings. The van der Waals surface area contributed by atoms with Crippen LogP contribution < -0.4 is 10.00 Å². The zero-order chi connectivity index (χ0) is 12.1. The smallest absolute Gasteiger partial charge is 0.253 e. The molecule has 2 aromatic heterocycles. The molecule has 0 saturated carbocycles. The van der Waals surface area contributed by atoms with Crippen LogP contribution in [-0.2, 0) is 6.54 Å². The second-order valence-electron chi connectivity index (χ2n) is 3.33. The summed E-state index contributed by atoms with van der Waals surface area (Å²) < 4.78 is 6.01. The molecule has 2 aromatic rings. The molecule has 0 saturated heterocycles. The van der Waals surface area contributed by atoms with Gasteiger partial charge in [0.1, 0.15) is 5.88 Å². The minimum absolute atomic E-state index is 0.0106. The number of pyridine rings is 1. The van der Waals surface area contributed by atoms with Gasteiger partial charge in [-0.25, -0.2) is 0 Å². The average Bonchev–Trinajstić information content (AvgIpc) is 2.76. The molecule has 0 radical (unpaired) electrons. The van der Waals surface area contributed by atoms with Gasteiger partial charge in [-0.2, -0.15) is 0 Å². The third-order valence-electron chi connectivity index (χ3n) is 2.06. The molecular formula is C10H11N5O2. The van der Waals surface area contributed by atoms with Gasteiger partial charge < -0.3 is 15.6 Å². The van der Waals surface area contributed by atoms with Crippen LogP contribution in [0.3, 0.4) is 0 Å². The van der Waals surface area contributed by atoms with Crippen LogP contribution >= 0.6 is 0 Å². The number of aromatic nitrogens is 3. The van der Waals surface area contributed by atoms with Gasteiger partial charge in [0.25, 0.3) is 5.91 Å². The zero-order valence-corrected chi connectivity index (χ0v) is 8.96. The molecule has 2 heterocycles. The number of hydrogen-bond donors (Lipinski definition) is 1. The molecule has 17 heavy (non-hydrogen) atoms. The highest BCUT2D eigenvalue weighted by Gasteiger charge is 2.08. The predicted molar refractivity (Wildman–Crippen MR) is 57.2 cm³/mol. The van der Waals surface area contributed by atoms with E-state index in [1.54, 1.807) is 18.3 Å². The number of carbonyl (C=O) groups is 1. The van der Waals surface area contributed by atoms with E-state index in [0.717, 1.165) is 0 Å². The quantitative estimate of drug-likeness (QED) is 0.776. The summed E-state index contributed by atoms with van der Waals surface area (Å²) in [6, 6.07) is 3.39. The van der Waals surface area contributed by atoms with Gasteiger partial charge in [-0.05, 0) is 12.1 Å². The van der Waals surface area contributed by atoms with E-state index in [2.05, 4.69) is 20.1 Å². The van der Waals surface area contributed by atoms with Crippen molar-refractivity contribution in [2.75, 3.05) is 6.54 Å². The van der Waals surface area contributed by atoms with Crippen molar-refractivity contribution in [3.63, 3.8) is 0 Å². The molecule has 88 valence electrons. The van der Waals surface area contributed by atoms with Gasteiger partial charge in [0.2, 0.25) is 6.20 Å². The summed E-state index contributed by atoms with van der Waals surface area (Å²) in [5, 5.41) is 6.29. The van der Waals surface area contributed by atoms with Crippen LogP contribution in [0.15, 0.2) is 35.2 Å². The van der Waals surface area contributed by atoms with Crippen molar-refractivity contribution in [3.8, 4) is 0 Å². The molecule has 0 spiro atoms. The van der Waals surface area contributed by atoms with Crippen molar-refractivity contribution >= 4 is 11.8 Å². The lowest BCUT2D eigenvalue weighted by atomic mass is 10.3. The van der Waals surface area contributed by atoms with Crippen LogP contribution in [0.5, 0.6) is 0 Å². The fourth-order valence-electron chi connectivity index (χ4n) is 1.27. The largest absolute Gasteiger partial charge is 0.660 e. The Morgan fingerprint density at radius 2 is 2.47 bits per heavy atom. The average molecular weight is 233 g/mol. The second kappa shape index (κ2) is 5.06. The van der Waals surface area contributed by atoms with Crippen molar-refractivity contribution in [1.82, 2.24) is 15.6 Å². The summed E-state index contributed by atoms with van der Waals surface area (Å²) >= 11 is 0.